The molecule has 5 atom stereocenters. The Kier molecular flexibility index (Phi) is 2.72. The molecule has 3 rings (SSSR count). The van der Waals surface area contributed by atoms with E-state index in [0.29, 0.717) is 0 Å². The molecule has 3 saturated heterocycles. The van der Waals surface area contributed by atoms with Crippen molar-refractivity contribution in [1.29, 1.82) is 0 Å². The smallest absolute Gasteiger partial charge is 0.335 e. The van der Waals surface area contributed by atoms with Gasteiger partial charge < -0.3 is 28.8 Å². The number of aliphatic carboxylic acids is 1. The number of hydrogen-bond donors (Lipinski definition) is 1. The molecular weight excluding hydrogens is 256 g/mol. The molecule has 7 nitrogen and oxygen atoms in total. The van der Waals surface area contributed by atoms with Gasteiger partial charge in [-0.05, 0) is 27.7 Å². The summed E-state index contributed by atoms with van der Waals surface area (Å²) >= 11 is 0. The van der Waals surface area contributed by atoms with Crippen molar-refractivity contribution in [3.05, 3.63) is 0 Å². The first-order valence-corrected chi connectivity index (χ1v) is 6.28. The van der Waals surface area contributed by atoms with Crippen LogP contribution in [0.3, 0.4) is 0 Å². The highest BCUT2D eigenvalue weighted by Gasteiger charge is 2.62. The lowest BCUT2D eigenvalue weighted by Gasteiger charge is -2.35. The van der Waals surface area contributed by atoms with E-state index in [1.54, 1.807) is 27.7 Å². The number of carbonyl (C=O) groups is 1. The highest BCUT2D eigenvalue weighted by molar-refractivity contribution is 5.73. The van der Waals surface area contributed by atoms with Gasteiger partial charge in [0.15, 0.2) is 24.0 Å². The summed E-state index contributed by atoms with van der Waals surface area (Å²) in [5, 5.41) is 9.25. The van der Waals surface area contributed by atoms with Gasteiger partial charge in [0.25, 0.3) is 0 Å². The molecular formula is C12H18O7. The Hall–Kier alpha value is -0.730. The average Bonchev–Trinajstić information content (AvgIpc) is 2.70. The third-order valence-electron chi connectivity index (χ3n) is 3.40. The minimum atomic E-state index is -1.12. The Labute approximate surface area is 110 Å². The van der Waals surface area contributed by atoms with Crippen molar-refractivity contribution in [3.8, 4) is 0 Å². The molecule has 0 aliphatic carbocycles. The fraction of sp³-hybridized carbons (Fsp3) is 0.917. The number of fused-ring (bicyclic) bond motifs is 3. The van der Waals surface area contributed by atoms with Crippen LogP contribution in [0.4, 0.5) is 0 Å². The molecule has 0 radical (unpaired) electrons. The second-order valence-electron chi connectivity index (χ2n) is 5.93. The summed E-state index contributed by atoms with van der Waals surface area (Å²) in [7, 11) is 0. The molecule has 0 saturated carbocycles. The molecule has 3 aliphatic heterocycles. The summed E-state index contributed by atoms with van der Waals surface area (Å²) in [6.07, 6.45) is -3.58. The lowest BCUT2D eigenvalue weighted by molar-refractivity contribution is -0.237. The first-order chi connectivity index (χ1) is 8.69. The number of hydrogen-bond acceptors (Lipinski definition) is 6. The van der Waals surface area contributed by atoms with Crippen LogP contribution in [0.1, 0.15) is 27.7 Å². The van der Waals surface area contributed by atoms with Crippen molar-refractivity contribution in [3.63, 3.8) is 0 Å². The summed E-state index contributed by atoms with van der Waals surface area (Å²) in [5.41, 5.74) is 0. The number of ether oxygens (including phenoxy) is 5. The van der Waals surface area contributed by atoms with Crippen LogP contribution in [0, 0.1) is 0 Å². The highest BCUT2D eigenvalue weighted by Crippen LogP contribution is 2.43. The lowest BCUT2D eigenvalue weighted by atomic mass is 9.99. The van der Waals surface area contributed by atoms with Crippen LogP contribution in [0.15, 0.2) is 0 Å². The molecule has 0 aromatic carbocycles. The highest BCUT2D eigenvalue weighted by atomic mass is 16.9. The molecule has 3 aliphatic rings. The van der Waals surface area contributed by atoms with E-state index in [1.807, 2.05) is 0 Å². The quantitative estimate of drug-likeness (QED) is 0.744. The van der Waals surface area contributed by atoms with Gasteiger partial charge >= 0.3 is 5.97 Å². The minimum Gasteiger partial charge on any atom is -0.479 e. The van der Waals surface area contributed by atoms with Crippen molar-refractivity contribution in [2.45, 2.75) is 70.0 Å². The first-order valence-electron chi connectivity index (χ1n) is 6.28. The van der Waals surface area contributed by atoms with Crippen molar-refractivity contribution >= 4 is 5.97 Å². The van der Waals surface area contributed by atoms with Gasteiger partial charge in [-0.1, -0.05) is 0 Å². The van der Waals surface area contributed by atoms with Gasteiger partial charge in [-0.3, -0.25) is 0 Å². The van der Waals surface area contributed by atoms with E-state index in [9.17, 15) is 9.90 Å². The maximum Gasteiger partial charge on any atom is 0.335 e. The number of rotatable bonds is 1. The second-order valence-corrected chi connectivity index (χ2v) is 5.93. The van der Waals surface area contributed by atoms with Gasteiger partial charge in [0.05, 0.1) is 0 Å². The first kappa shape index (κ1) is 13.3. The normalized spacial score (nSPS) is 46.6. The molecule has 7 heteroatoms. The lowest BCUT2D eigenvalue weighted by Crippen LogP contribution is -2.57. The van der Waals surface area contributed by atoms with Gasteiger partial charge in [0.1, 0.15) is 18.3 Å². The molecule has 0 spiro atoms. The van der Waals surface area contributed by atoms with Crippen LogP contribution in [-0.4, -0.2) is 53.4 Å². The third kappa shape index (κ3) is 2.15. The summed E-state index contributed by atoms with van der Waals surface area (Å²) in [6.45, 7) is 6.97. The summed E-state index contributed by atoms with van der Waals surface area (Å²) in [5.74, 6) is -2.79. The van der Waals surface area contributed by atoms with E-state index in [-0.39, 0.29) is 0 Å². The Morgan fingerprint density at radius 1 is 0.895 bits per heavy atom. The fourth-order valence-electron chi connectivity index (χ4n) is 2.81. The molecule has 0 aromatic rings. The zero-order valence-corrected chi connectivity index (χ0v) is 11.3. The molecule has 3 heterocycles. The molecule has 1 N–H and O–H groups in total. The van der Waals surface area contributed by atoms with Crippen LogP contribution in [0.2, 0.25) is 0 Å². The maximum absolute atomic E-state index is 11.3. The Morgan fingerprint density at radius 3 is 2.05 bits per heavy atom. The fourth-order valence-corrected chi connectivity index (χ4v) is 2.81. The number of carboxylic acid groups (broad SMARTS) is 1. The van der Waals surface area contributed by atoms with E-state index >= 15 is 0 Å². The van der Waals surface area contributed by atoms with Crippen LogP contribution < -0.4 is 0 Å². The van der Waals surface area contributed by atoms with E-state index in [4.69, 9.17) is 23.7 Å². The molecule has 3 fully saturated rings. The van der Waals surface area contributed by atoms with E-state index in [0.717, 1.165) is 0 Å². The Bertz CT molecular complexity index is 405. The van der Waals surface area contributed by atoms with Gasteiger partial charge in [0, 0.05) is 0 Å². The van der Waals surface area contributed by atoms with E-state index in [1.165, 1.54) is 0 Å². The molecule has 19 heavy (non-hydrogen) atoms. The number of carboxylic acids is 1. The summed E-state index contributed by atoms with van der Waals surface area (Å²) in [6, 6.07) is 0. The SMILES string of the molecule is CC1(C)O[C@@H]2O[C@@H](C(=O)O)[C@H]3OC(C)(C)O[C@H]3[C@@H]2O1. The van der Waals surface area contributed by atoms with Crippen LogP contribution in [-0.2, 0) is 28.5 Å². The second kappa shape index (κ2) is 3.89. The maximum atomic E-state index is 11.3. The van der Waals surface area contributed by atoms with Crippen molar-refractivity contribution in [2.24, 2.45) is 0 Å². The topological polar surface area (TPSA) is 83.5 Å². The Morgan fingerprint density at radius 2 is 1.42 bits per heavy atom. The standard InChI is InChI=1S/C12H18O7/c1-11(2)16-5-6(17-11)8-10(15-7(5)9(13)14)19-12(3,4)18-8/h5-8,10H,1-4H3,(H,13,14)/t5-,6+,7+,8-,10-/m0/s1. The van der Waals surface area contributed by atoms with Crippen molar-refractivity contribution in [2.75, 3.05) is 0 Å². The van der Waals surface area contributed by atoms with Crippen LogP contribution >= 0.6 is 0 Å². The largest absolute Gasteiger partial charge is 0.479 e. The molecule has 0 aromatic heterocycles. The molecule has 0 bridgehead atoms. The van der Waals surface area contributed by atoms with E-state index < -0.39 is 48.2 Å². The van der Waals surface area contributed by atoms with Gasteiger partial charge in [-0.2, -0.15) is 0 Å². The van der Waals surface area contributed by atoms with Crippen LogP contribution in [0.25, 0.3) is 0 Å². The monoisotopic (exact) mass is 274 g/mol. The zero-order chi connectivity index (χ0) is 14.0. The van der Waals surface area contributed by atoms with Crippen molar-refractivity contribution in [1.82, 2.24) is 0 Å². The average molecular weight is 274 g/mol. The van der Waals surface area contributed by atoms with E-state index in [2.05, 4.69) is 0 Å². The molecule has 108 valence electrons. The third-order valence-corrected chi connectivity index (χ3v) is 3.40. The van der Waals surface area contributed by atoms with Gasteiger partial charge in [0.2, 0.25) is 0 Å². The summed E-state index contributed by atoms with van der Waals surface area (Å²) < 4.78 is 28.2. The predicted octanol–water partition coefficient (Wildman–Crippen LogP) is 0.467. The minimum absolute atomic E-state index is 0.489. The summed E-state index contributed by atoms with van der Waals surface area (Å²) in [4.78, 5) is 11.3. The zero-order valence-electron chi connectivity index (χ0n) is 11.3. The van der Waals surface area contributed by atoms with Gasteiger partial charge in [-0.15, -0.1) is 0 Å². The predicted molar refractivity (Wildman–Crippen MR) is 60.2 cm³/mol. The van der Waals surface area contributed by atoms with Gasteiger partial charge in [-0.25, -0.2) is 4.79 Å². The van der Waals surface area contributed by atoms with Crippen LogP contribution in [0.5, 0.6) is 0 Å². The molecule has 0 amide bonds. The molecule has 0 unspecified atom stereocenters. The van der Waals surface area contributed by atoms with Crippen molar-refractivity contribution < 1.29 is 33.6 Å². The Balaban J connectivity index is 1.91.